The topological polar surface area (TPSA) is 21.3 Å². The van der Waals surface area contributed by atoms with Crippen molar-refractivity contribution in [1.82, 2.24) is 5.32 Å². The van der Waals surface area contributed by atoms with Crippen molar-refractivity contribution in [2.45, 2.75) is 19.9 Å². The monoisotopic (exact) mass is 387 g/mol. The fraction of sp³-hybridized carbons (Fsp3) is 0.250. The Balaban J connectivity index is 2.20. The van der Waals surface area contributed by atoms with Crippen molar-refractivity contribution < 1.29 is 4.74 Å². The highest BCUT2D eigenvalue weighted by Gasteiger charge is 2.10. The van der Waals surface area contributed by atoms with Gasteiger partial charge in [0.25, 0.3) is 0 Å². The van der Waals surface area contributed by atoms with Crippen molar-refractivity contribution in [3.8, 4) is 11.5 Å². The molecule has 5 heteroatoms. The third-order valence-corrected chi connectivity index (χ3v) is 4.14. The highest BCUT2D eigenvalue weighted by molar-refractivity contribution is 9.10. The van der Waals surface area contributed by atoms with E-state index in [0.29, 0.717) is 15.8 Å². The van der Waals surface area contributed by atoms with E-state index >= 15 is 0 Å². The smallest absolute Gasteiger partial charge is 0.130 e. The maximum Gasteiger partial charge on any atom is 0.130 e. The van der Waals surface area contributed by atoms with Crippen molar-refractivity contribution in [2.75, 3.05) is 6.54 Å². The second-order valence-corrected chi connectivity index (χ2v) is 6.40. The lowest BCUT2D eigenvalue weighted by Gasteiger charge is -2.16. The zero-order valence-corrected chi connectivity index (χ0v) is 14.9. The second-order valence-electron chi connectivity index (χ2n) is 4.67. The number of hydrogen-bond acceptors (Lipinski definition) is 2. The standard InChI is InChI=1S/C16H16BrCl2NO/c1-3-20-10(2)15-5-4-13(9-16(15)17)21-14-7-11(18)6-12(19)8-14/h4-10,20H,3H2,1-2H3. The predicted octanol–water partition coefficient (Wildman–Crippen LogP) is 6.22. The van der Waals surface area contributed by atoms with Gasteiger partial charge < -0.3 is 10.1 Å². The number of nitrogens with one attached hydrogen (secondary N) is 1. The molecule has 0 aliphatic carbocycles. The molecular formula is C16H16BrCl2NO. The largest absolute Gasteiger partial charge is 0.457 e. The summed E-state index contributed by atoms with van der Waals surface area (Å²) in [4.78, 5) is 0. The molecule has 1 unspecified atom stereocenters. The number of benzene rings is 2. The first-order valence-electron chi connectivity index (χ1n) is 6.66. The van der Waals surface area contributed by atoms with Crippen LogP contribution in [0, 0.1) is 0 Å². The minimum Gasteiger partial charge on any atom is -0.457 e. The molecule has 0 aliphatic rings. The van der Waals surface area contributed by atoms with Gasteiger partial charge in [0.05, 0.1) is 0 Å². The van der Waals surface area contributed by atoms with Gasteiger partial charge in [0.1, 0.15) is 11.5 Å². The molecule has 0 aromatic heterocycles. The van der Waals surface area contributed by atoms with Crippen molar-refractivity contribution >= 4 is 39.1 Å². The van der Waals surface area contributed by atoms with Crippen LogP contribution in [0.3, 0.4) is 0 Å². The number of halogens is 3. The third kappa shape index (κ3) is 4.62. The Kier molecular flexibility index (Phi) is 5.94. The SMILES string of the molecule is CCNC(C)c1ccc(Oc2cc(Cl)cc(Cl)c2)cc1Br. The van der Waals surface area contributed by atoms with E-state index in [-0.39, 0.29) is 6.04 Å². The van der Waals surface area contributed by atoms with Crippen molar-refractivity contribution in [3.05, 3.63) is 56.5 Å². The lowest BCUT2D eigenvalue weighted by Crippen LogP contribution is -2.17. The van der Waals surface area contributed by atoms with Crippen LogP contribution < -0.4 is 10.1 Å². The molecule has 0 saturated heterocycles. The summed E-state index contributed by atoms with van der Waals surface area (Å²) in [5.41, 5.74) is 1.19. The molecule has 21 heavy (non-hydrogen) atoms. The molecule has 0 spiro atoms. The van der Waals surface area contributed by atoms with Crippen LogP contribution in [0.1, 0.15) is 25.5 Å². The van der Waals surface area contributed by atoms with Crippen LogP contribution in [0.5, 0.6) is 11.5 Å². The Morgan fingerprint density at radius 2 is 1.76 bits per heavy atom. The van der Waals surface area contributed by atoms with E-state index in [2.05, 4.69) is 35.1 Å². The molecule has 1 N–H and O–H groups in total. The van der Waals surface area contributed by atoms with Crippen LogP contribution >= 0.6 is 39.1 Å². The fourth-order valence-corrected chi connectivity index (χ4v) is 3.27. The average molecular weight is 389 g/mol. The van der Waals surface area contributed by atoms with Crippen LogP contribution in [0.15, 0.2) is 40.9 Å². The van der Waals surface area contributed by atoms with Crippen molar-refractivity contribution in [1.29, 1.82) is 0 Å². The van der Waals surface area contributed by atoms with E-state index in [4.69, 9.17) is 27.9 Å². The highest BCUT2D eigenvalue weighted by Crippen LogP contribution is 2.32. The van der Waals surface area contributed by atoms with Crippen LogP contribution in [0.2, 0.25) is 10.0 Å². The molecule has 2 aromatic rings. The van der Waals surface area contributed by atoms with E-state index in [0.717, 1.165) is 16.8 Å². The number of rotatable bonds is 5. The van der Waals surface area contributed by atoms with Gasteiger partial charge in [0.2, 0.25) is 0 Å². The minimum atomic E-state index is 0.277. The van der Waals surface area contributed by atoms with Gasteiger partial charge in [-0.2, -0.15) is 0 Å². The van der Waals surface area contributed by atoms with Crippen LogP contribution in [-0.4, -0.2) is 6.54 Å². The summed E-state index contributed by atoms with van der Waals surface area (Å²) in [5, 5.41) is 4.48. The van der Waals surface area contributed by atoms with Gasteiger partial charge in [0, 0.05) is 20.6 Å². The molecule has 1 atom stereocenters. The summed E-state index contributed by atoms with van der Waals surface area (Å²) in [5.74, 6) is 1.35. The first-order chi connectivity index (χ1) is 9.99. The van der Waals surface area contributed by atoms with E-state index in [1.54, 1.807) is 18.2 Å². The molecule has 0 radical (unpaired) electrons. The first kappa shape index (κ1) is 16.6. The number of ether oxygens (including phenoxy) is 1. The molecule has 0 heterocycles. The molecule has 0 amide bonds. The van der Waals surface area contributed by atoms with E-state index in [1.165, 1.54) is 5.56 Å². The summed E-state index contributed by atoms with van der Waals surface area (Å²) in [6, 6.07) is 11.3. The highest BCUT2D eigenvalue weighted by atomic mass is 79.9. The molecule has 2 aromatic carbocycles. The summed E-state index contributed by atoms with van der Waals surface area (Å²) in [6.07, 6.45) is 0. The molecule has 112 valence electrons. The molecule has 0 fully saturated rings. The maximum absolute atomic E-state index is 5.97. The zero-order valence-electron chi connectivity index (χ0n) is 11.8. The van der Waals surface area contributed by atoms with Crippen LogP contribution in [-0.2, 0) is 0 Å². The minimum absolute atomic E-state index is 0.277. The zero-order chi connectivity index (χ0) is 15.4. The Bertz CT molecular complexity index is 613. The van der Waals surface area contributed by atoms with E-state index in [1.807, 2.05) is 18.2 Å². The van der Waals surface area contributed by atoms with Gasteiger partial charge in [-0.3, -0.25) is 0 Å². The molecule has 0 saturated carbocycles. The lowest BCUT2D eigenvalue weighted by molar-refractivity contribution is 0.481. The molecule has 2 rings (SSSR count). The normalized spacial score (nSPS) is 12.2. The van der Waals surface area contributed by atoms with Crippen LogP contribution in [0.25, 0.3) is 0 Å². The fourth-order valence-electron chi connectivity index (χ4n) is 2.06. The average Bonchev–Trinajstić information content (AvgIpc) is 2.37. The summed E-state index contributed by atoms with van der Waals surface area (Å²) < 4.78 is 6.80. The summed E-state index contributed by atoms with van der Waals surface area (Å²) in [7, 11) is 0. The molecular weight excluding hydrogens is 373 g/mol. The molecule has 0 bridgehead atoms. The Morgan fingerprint density at radius 1 is 1.10 bits per heavy atom. The predicted molar refractivity (Wildman–Crippen MR) is 92.8 cm³/mol. The van der Waals surface area contributed by atoms with Crippen molar-refractivity contribution in [3.63, 3.8) is 0 Å². The van der Waals surface area contributed by atoms with Gasteiger partial charge in [-0.15, -0.1) is 0 Å². The molecule has 2 nitrogen and oxygen atoms in total. The van der Waals surface area contributed by atoms with Gasteiger partial charge >= 0.3 is 0 Å². The Labute approximate surface area is 143 Å². The van der Waals surface area contributed by atoms with Crippen molar-refractivity contribution in [2.24, 2.45) is 0 Å². The molecule has 0 aliphatic heterocycles. The Morgan fingerprint density at radius 3 is 2.33 bits per heavy atom. The van der Waals surface area contributed by atoms with Gasteiger partial charge in [-0.25, -0.2) is 0 Å². The van der Waals surface area contributed by atoms with Crippen LogP contribution in [0.4, 0.5) is 0 Å². The second kappa shape index (κ2) is 7.50. The van der Waals surface area contributed by atoms with Gasteiger partial charge in [-0.1, -0.05) is 52.1 Å². The number of hydrogen-bond donors (Lipinski definition) is 1. The van der Waals surface area contributed by atoms with Gasteiger partial charge in [0.15, 0.2) is 0 Å². The third-order valence-electron chi connectivity index (χ3n) is 3.02. The Hall–Kier alpha value is -0.740. The quantitative estimate of drug-likeness (QED) is 0.656. The maximum atomic E-state index is 5.97. The summed E-state index contributed by atoms with van der Waals surface area (Å²) in [6.45, 7) is 5.14. The first-order valence-corrected chi connectivity index (χ1v) is 8.21. The van der Waals surface area contributed by atoms with E-state index < -0.39 is 0 Å². The lowest BCUT2D eigenvalue weighted by atomic mass is 10.1. The van der Waals surface area contributed by atoms with E-state index in [9.17, 15) is 0 Å². The summed E-state index contributed by atoms with van der Waals surface area (Å²) >= 11 is 15.5. The van der Waals surface area contributed by atoms with Gasteiger partial charge in [-0.05, 0) is 49.4 Å².